The van der Waals surface area contributed by atoms with Crippen LogP contribution in [0.5, 0.6) is 23.0 Å². The molecule has 0 aliphatic rings. The van der Waals surface area contributed by atoms with E-state index in [2.05, 4.69) is 13.2 Å². The first kappa shape index (κ1) is 37.1. The van der Waals surface area contributed by atoms with E-state index in [0.717, 1.165) is 63.5 Å². The smallest absolute Gasteiger partial charge is 0.343 e. The van der Waals surface area contributed by atoms with Gasteiger partial charge in [-0.3, -0.25) is 0 Å². The van der Waals surface area contributed by atoms with E-state index in [-0.39, 0.29) is 11.5 Å². The van der Waals surface area contributed by atoms with Gasteiger partial charge in [-0.15, -0.1) is 0 Å². The Kier molecular flexibility index (Phi) is 16.5. The molecule has 0 aromatic heterocycles. The number of hydrogen-bond donors (Lipinski definition) is 0. The van der Waals surface area contributed by atoms with Gasteiger partial charge in [-0.1, -0.05) is 25.3 Å². The zero-order valence-corrected chi connectivity index (χ0v) is 27.1. The van der Waals surface area contributed by atoms with E-state index < -0.39 is 23.9 Å². The first-order chi connectivity index (χ1) is 23.4. The molecule has 0 saturated heterocycles. The van der Waals surface area contributed by atoms with E-state index in [1.54, 1.807) is 72.8 Å². The SMILES string of the molecule is C=CC(=O)OCCCCCCOc1ccc(C(=O)Oc2ccccc2OC(=O)c2ccc(OCCCCCCOC(=O)C=C)cc2)cc1. The molecule has 0 saturated carbocycles. The molecule has 0 spiro atoms. The summed E-state index contributed by atoms with van der Waals surface area (Å²) in [4.78, 5) is 47.7. The summed E-state index contributed by atoms with van der Waals surface area (Å²) in [6.07, 6.45) is 9.24. The average Bonchev–Trinajstić information content (AvgIpc) is 3.11. The molecule has 0 radical (unpaired) electrons. The first-order valence-electron chi connectivity index (χ1n) is 16.0. The van der Waals surface area contributed by atoms with E-state index in [1.165, 1.54) is 0 Å². The highest BCUT2D eigenvalue weighted by molar-refractivity contribution is 5.93. The van der Waals surface area contributed by atoms with Gasteiger partial charge in [0.05, 0.1) is 37.6 Å². The fraction of sp³-hybridized carbons (Fsp3) is 0.316. The maximum atomic E-state index is 12.9. The fourth-order valence-corrected chi connectivity index (χ4v) is 4.27. The van der Waals surface area contributed by atoms with Gasteiger partial charge < -0.3 is 28.4 Å². The van der Waals surface area contributed by atoms with E-state index in [1.807, 2.05) is 0 Å². The maximum absolute atomic E-state index is 12.9. The molecule has 0 heterocycles. The van der Waals surface area contributed by atoms with E-state index in [9.17, 15) is 19.2 Å². The van der Waals surface area contributed by atoms with Gasteiger partial charge in [0.2, 0.25) is 0 Å². The number of carbonyl (C=O) groups is 4. The van der Waals surface area contributed by atoms with Crippen LogP contribution >= 0.6 is 0 Å². The summed E-state index contributed by atoms with van der Waals surface area (Å²) in [6.45, 7) is 8.51. The van der Waals surface area contributed by atoms with Crippen LogP contribution in [0, 0.1) is 0 Å². The third-order valence-corrected chi connectivity index (χ3v) is 6.87. The lowest BCUT2D eigenvalue weighted by Crippen LogP contribution is -2.12. The molecule has 0 fully saturated rings. The standard InChI is InChI=1S/C38H42O10/c1-3-35(39)45-27-13-7-5-11-25-43-31-21-17-29(18-22-31)37(41)47-33-15-9-10-16-34(33)48-38(42)30-19-23-32(24-20-30)44-26-12-6-8-14-28-46-36(40)4-2/h3-4,9-10,15-24H,1-2,5-8,11-14,25-28H2. The summed E-state index contributed by atoms with van der Waals surface area (Å²) in [5.41, 5.74) is 0.615. The molecular weight excluding hydrogens is 616 g/mol. The molecule has 48 heavy (non-hydrogen) atoms. The number of hydrogen-bond acceptors (Lipinski definition) is 10. The van der Waals surface area contributed by atoms with E-state index >= 15 is 0 Å². The molecule has 0 N–H and O–H groups in total. The lowest BCUT2D eigenvalue weighted by atomic mass is 10.2. The molecule has 0 amide bonds. The predicted molar refractivity (Wildman–Crippen MR) is 179 cm³/mol. The molecule has 3 aromatic carbocycles. The van der Waals surface area contributed by atoms with Crippen LogP contribution in [0.1, 0.15) is 72.1 Å². The van der Waals surface area contributed by atoms with Gasteiger partial charge >= 0.3 is 23.9 Å². The molecule has 0 aliphatic carbocycles. The van der Waals surface area contributed by atoms with Gasteiger partial charge in [0.15, 0.2) is 11.5 Å². The molecule has 0 atom stereocenters. The number of unbranched alkanes of at least 4 members (excludes halogenated alkanes) is 6. The van der Waals surface area contributed by atoms with Gasteiger partial charge in [0, 0.05) is 12.2 Å². The van der Waals surface area contributed by atoms with Crippen LogP contribution in [0.4, 0.5) is 0 Å². The second kappa shape index (κ2) is 21.4. The van der Waals surface area contributed by atoms with Crippen molar-refractivity contribution in [3.63, 3.8) is 0 Å². The summed E-state index contributed by atoms with van der Waals surface area (Å²) in [5.74, 6) is -0.587. The third-order valence-electron chi connectivity index (χ3n) is 6.87. The number of carbonyl (C=O) groups excluding carboxylic acids is 4. The minimum atomic E-state index is -0.611. The Morgan fingerprint density at radius 2 is 0.833 bits per heavy atom. The monoisotopic (exact) mass is 658 g/mol. The van der Waals surface area contributed by atoms with Gasteiger partial charge in [0.25, 0.3) is 0 Å². The zero-order valence-electron chi connectivity index (χ0n) is 27.1. The van der Waals surface area contributed by atoms with Crippen molar-refractivity contribution in [2.75, 3.05) is 26.4 Å². The largest absolute Gasteiger partial charge is 0.494 e. The normalized spacial score (nSPS) is 10.3. The molecule has 0 aliphatic heterocycles. The Morgan fingerprint density at radius 1 is 0.479 bits per heavy atom. The summed E-state index contributed by atoms with van der Waals surface area (Å²) in [5, 5.41) is 0. The highest BCUT2D eigenvalue weighted by atomic mass is 16.6. The van der Waals surface area contributed by atoms with Gasteiger partial charge in [-0.25, -0.2) is 19.2 Å². The second-order valence-corrected chi connectivity index (χ2v) is 10.5. The minimum absolute atomic E-state index is 0.106. The van der Waals surface area contributed by atoms with Crippen LogP contribution in [0.25, 0.3) is 0 Å². The lowest BCUT2D eigenvalue weighted by Gasteiger charge is -2.11. The number of esters is 4. The second-order valence-electron chi connectivity index (χ2n) is 10.5. The van der Waals surface area contributed by atoms with Crippen molar-refractivity contribution in [2.24, 2.45) is 0 Å². The Balaban J connectivity index is 1.39. The molecule has 0 unspecified atom stereocenters. The van der Waals surface area contributed by atoms with Crippen molar-refractivity contribution in [2.45, 2.75) is 51.4 Å². The molecule has 10 nitrogen and oxygen atoms in total. The summed E-state index contributed by atoms with van der Waals surface area (Å²) in [6, 6.07) is 19.6. The van der Waals surface area contributed by atoms with Gasteiger partial charge in [-0.05, 0) is 112 Å². The summed E-state index contributed by atoms with van der Waals surface area (Å²) < 4.78 is 32.5. The molecular formula is C38H42O10. The average molecular weight is 659 g/mol. The highest BCUT2D eigenvalue weighted by Gasteiger charge is 2.16. The molecule has 3 rings (SSSR count). The topological polar surface area (TPSA) is 124 Å². The van der Waals surface area contributed by atoms with Crippen LogP contribution in [0.15, 0.2) is 98.1 Å². The van der Waals surface area contributed by atoms with E-state index in [4.69, 9.17) is 28.4 Å². The Morgan fingerprint density at radius 3 is 1.19 bits per heavy atom. The quantitative estimate of drug-likeness (QED) is 0.0465. The highest BCUT2D eigenvalue weighted by Crippen LogP contribution is 2.29. The van der Waals surface area contributed by atoms with Crippen molar-refractivity contribution in [3.05, 3.63) is 109 Å². The number of para-hydroxylation sites is 2. The Labute approximate surface area is 281 Å². The van der Waals surface area contributed by atoms with Crippen molar-refractivity contribution in [1.29, 1.82) is 0 Å². The van der Waals surface area contributed by atoms with Gasteiger partial charge in [-0.2, -0.15) is 0 Å². The lowest BCUT2D eigenvalue weighted by molar-refractivity contribution is -0.138. The molecule has 3 aromatic rings. The summed E-state index contributed by atoms with van der Waals surface area (Å²) in [7, 11) is 0. The first-order valence-corrected chi connectivity index (χ1v) is 16.0. The number of ether oxygens (including phenoxy) is 6. The van der Waals surface area contributed by atoms with Crippen molar-refractivity contribution in [3.8, 4) is 23.0 Å². The predicted octanol–water partition coefficient (Wildman–Crippen LogP) is 7.46. The Bertz CT molecular complexity index is 1370. The van der Waals surface area contributed by atoms with Gasteiger partial charge in [0.1, 0.15) is 11.5 Å². The van der Waals surface area contributed by atoms with Crippen LogP contribution in [-0.2, 0) is 19.1 Å². The number of benzene rings is 3. The number of rotatable bonds is 22. The van der Waals surface area contributed by atoms with Crippen LogP contribution < -0.4 is 18.9 Å². The van der Waals surface area contributed by atoms with Crippen molar-refractivity contribution < 1.29 is 47.6 Å². The van der Waals surface area contributed by atoms with Crippen molar-refractivity contribution >= 4 is 23.9 Å². The van der Waals surface area contributed by atoms with Crippen LogP contribution in [-0.4, -0.2) is 50.3 Å². The summed E-state index contributed by atoms with van der Waals surface area (Å²) >= 11 is 0. The molecule has 10 heteroatoms. The zero-order chi connectivity index (χ0) is 34.4. The maximum Gasteiger partial charge on any atom is 0.343 e. The van der Waals surface area contributed by atoms with Crippen molar-refractivity contribution in [1.82, 2.24) is 0 Å². The van der Waals surface area contributed by atoms with Crippen LogP contribution in [0.2, 0.25) is 0 Å². The van der Waals surface area contributed by atoms with E-state index in [0.29, 0.717) is 49.1 Å². The molecule has 254 valence electrons. The molecule has 0 bridgehead atoms. The minimum Gasteiger partial charge on any atom is -0.494 e. The fourth-order valence-electron chi connectivity index (χ4n) is 4.27. The Hall–Kier alpha value is -5.38. The third kappa shape index (κ3) is 13.9. The van der Waals surface area contributed by atoms with Crippen LogP contribution in [0.3, 0.4) is 0 Å².